The van der Waals surface area contributed by atoms with Crippen LogP contribution in [-0.4, -0.2) is 6.18 Å². The maximum Gasteiger partial charge on any atom is 0.392 e. The third kappa shape index (κ3) is 5.59. The predicted octanol–water partition coefficient (Wildman–Crippen LogP) is 6.89. The number of rotatable bonds is 6. The second kappa shape index (κ2) is 8.00. The largest absolute Gasteiger partial charge is 0.392 e. The van der Waals surface area contributed by atoms with Crippen LogP contribution in [0.1, 0.15) is 43.4 Å². The summed E-state index contributed by atoms with van der Waals surface area (Å²) in [6.45, 7) is 13.4. The smallest absolute Gasteiger partial charge is 0.171 e. The number of halogens is 3. The Labute approximate surface area is 136 Å². The maximum absolute atomic E-state index is 12.5. The van der Waals surface area contributed by atoms with Crippen LogP contribution in [0.2, 0.25) is 0 Å². The van der Waals surface area contributed by atoms with E-state index >= 15 is 0 Å². The molecule has 23 heavy (non-hydrogen) atoms. The van der Waals surface area contributed by atoms with Crippen molar-refractivity contribution in [2.24, 2.45) is 0 Å². The molecule has 0 nitrogen and oxygen atoms in total. The normalized spacial score (nSPS) is 13.1. The summed E-state index contributed by atoms with van der Waals surface area (Å²) < 4.78 is 37.6. The minimum absolute atomic E-state index is 0.352. The standard InChI is InChI=1S/C20H23F3/c1-6-16(13-20(21,22)23)11-12-17(7-2)19-10-8-9-18(14(3)4)15(19)5/h7-12H,2-3,6,13H2,1,4-5H3/b16-11+,17-12+. The van der Waals surface area contributed by atoms with Gasteiger partial charge in [0.05, 0.1) is 6.42 Å². The van der Waals surface area contributed by atoms with Crippen molar-refractivity contribution in [3.05, 3.63) is 71.8 Å². The second-order valence-corrected chi connectivity index (χ2v) is 5.56. The van der Waals surface area contributed by atoms with Crippen LogP contribution in [0.3, 0.4) is 0 Å². The number of allylic oxidation sites excluding steroid dienone is 6. The Balaban J connectivity index is 3.25. The van der Waals surface area contributed by atoms with Crippen LogP contribution >= 0.6 is 0 Å². The Morgan fingerprint density at radius 2 is 1.78 bits per heavy atom. The Morgan fingerprint density at radius 3 is 2.26 bits per heavy atom. The van der Waals surface area contributed by atoms with Crippen molar-refractivity contribution in [1.29, 1.82) is 0 Å². The summed E-state index contributed by atoms with van der Waals surface area (Å²) in [4.78, 5) is 0. The fourth-order valence-corrected chi connectivity index (χ4v) is 2.45. The van der Waals surface area contributed by atoms with Gasteiger partial charge in [-0.3, -0.25) is 0 Å². The first-order chi connectivity index (χ1) is 10.7. The van der Waals surface area contributed by atoms with Crippen LogP contribution in [0, 0.1) is 6.92 Å². The lowest BCUT2D eigenvalue weighted by Crippen LogP contribution is -2.08. The third-order valence-corrected chi connectivity index (χ3v) is 3.70. The molecule has 0 aliphatic carbocycles. The molecule has 0 unspecified atom stereocenters. The Kier molecular flexibility index (Phi) is 6.62. The molecule has 1 aromatic rings. The predicted molar refractivity (Wildman–Crippen MR) is 93.1 cm³/mol. The van der Waals surface area contributed by atoms with Crippen LogP contribution in [-0.2, 0) is 0 Å². The van der Waals surface area contributed by atoms with Gasteiger partial charge in [-0.15, -0.1) is 0 Å². The first-order valence-electron chi connectivity index (χ1n) is 7.54. The van der Waals surface area contributed by atoms with E-state index in [4.69, 9.17) is 0 Å². The first kappa shape index (κ1) is 19.0. The highest BCUT2D eigenvalue weighted by atomic mass is 19.4. The molecule has 0 radical (unpaired) electrons. The van der Waals surface area contributed by atoms with Crippen LogP contribution in [0.5, 0.6) is 0 Å². The average Bonchev–Trinajstić information content (AvgIpc) is 2.46. The van der Waals surface area contributed by atoms with Crippen LogP contribution in [0.4, 0.5) is 13.2 Å². The minimum Gasteiger partial charge on any atom is -0.171 e. The monoisotopic (exact) mass is 320 g/mol. The highest BCUT2D eigenvalue weighted by molar-refractivity contribution is 5.80. The Bertz CT molecular complexity index is 643. The van der Waals surface area contributed by atoms with Gasteiger partial charge in [-0.05, 0) is 42.5 Å². The summed E-state index contributed by atoms with van der Waals surface area (Å²) >= 11 is 0. The molecule has 0 aromatic heterocycles. The summed E-state index contributed by atoms with van der Waals surface area (Å²) in [7, 11) is 0. The van der Waals surface area contributed by atoms with E-state index in [-0.39, 0.29) is 0 Å². The molecule has 0 heterocycles. The van der Waals surface area contributed by atoms with E-state index in [0.717, 1.165) is 27.8 Å². The van der Waals surface area contributed by atoms with Gasteiger partial charge in [0.25, 0.3) is 0 Å². The van der Waals surface area contributed by atoms with Crippen molar-refractivity contribution >= 4 is 11.1 Å². The van der Waals surface area contributed by atoms with E-state index in [1.807, 2.05) is 32.0 Å². The molecule has 0 spiro atoms. The Hall–Kier alpha value is -2.03. The maximum atomic E-state index is 12.5. The minimum atomic E-state index is -4.18. The van der Waals surface area contributed by atoms with Gasteiger partial charge in [-0.2, -0.15) is 13.2 Å². The van der Waals surface area contributed by atoms with Crippen molar-refractivity contribution in [1.82, 2.24) is 0 Å². The van der Waals surface area contributed by atoms with Crippen molar-refractivity contribution in [2.75, 3.05) is 0 Å². The van der Waals surface area contributed by atoms with Gasteiger partial charge in [0.15, 0.2) is 0 Å². The number of benzene rings is 1. The van der Waals surface area contributed by atoms with Gasteiger partial charge < -0.3 is 0 Å². The van der Waals surface area contributed by atoms with Gasteiger partial charge in [0.2, 0.25) is 0 Å². The molecule has 0 aliphatic heterocycles. The molecule has 0 saturated heterocycles. The van der Waals surface area contributed by atoms with Crippen molar-refractivity contribution in [3.63, 3.8) is 0 Å². The van der Waals surface area contributed by atoms with Gasteiger partial charge in [0, 0.05) is 0 Å². The van der Waals surface area contributed by atoms with Crippen LogP contribution in [0.25, 0.3) is 11.1 Å². The van der Waals surface area contributed by atoms with E-state index in [1.165, 1.54) is 0 Å². The molecule has 0 N–H and O–H groups in total. The zero-order chi connectivity index (χ0) is 17.6. The van der Waals surface area contributed by atoms with E-state index in [1.54, 1.807) is 25.2 Å². The molecule has 0 aliphatic rings. The van der Waals surface area contributed by atoms with Gasteiger partial charge >= 0.3 is 6.18 Å². The number of alkyl halides is 3. The van der Waals surface area contributed by atoms with E-state index < -0.39 is 12.6 Å². The quantitative estimate of drug-likeness (QED) is 0.501. The van der Waals surface area contributed by atoms with E-state index in [9.17, 15) is 13.2 Å². The first-order valence-corrected chi connectivity index (χ1v) is 7.54. The topological polar surface area (TPSA) is 0 Å². The summed E-state index contributed by atoms with van der Waals surface area (Å²) in [6, 6.07) is 5.85. The third-order valence-electron chi connectivity index (χ3n) is 3.70. The fourth-order valence-electron chi connectivity index (χ4n) is 2.45. The average molecular weight is 320 g/mol. The highest BCUT2D eigenvalue weighted by Gasteiger charge is 2.27. The SMILES string of the molecule is C=C/C(=C\C=C(/CC)CC(F)(F)F)c1cccc(C(=C)C)c1C. The van der Waals surface area contributed by atoms with Crippen molar-refractivity contribution in [3.8, 4) is 0 Å². The molecule has 0 fully saturated rings. The lowest BCUT2D eigenvalue weighted by atomic mass is 9.93. The molecular formula is C20H23F3. The van der Waals surface area contributed by atoms with Crippen LogP contribution < -0.4 is 0 Å². The summed E-state index contributed by atoms with van der Waals surface area (Å²) in [5.41, 5.74) is 5.16. The van der Waals surface area contributed by atoms with Gasteiger partial charge in [-0.25, -0.2) is 0 Å². The molecule has 0 bridgehead atoms. The van der Waals surface area contributed by atoms with E-state index in [2.05, 4.69) is 13.2 Å². The zero-order valence-corrected chi connectivity index (χ0v) is 13.9. The molecule has 0 saturated carbocycles. The lowest BCUT2D eigenvalue weighted by Gasteiger charge is -2.12. The zero-order valence-electron chi connectivity index (χ0n) is 13.9. The molecule has 1 rings (SSSR count). The van der Waals surface area contributed by atoms with Gasteiger partial charge in [0.1, 0.15) is 0 Å². The highest BCUT2D eigenvalue weighted by Crippen LogP contribution is 2.28. The number of hydrogen-bond acceptors (Lipinski definition) is 0. The molecule has 3 heteroatoms. The molecule has 1 aromatic carbocycles. The van der Waals surface area contributed by atoms with Crippen molar-refractivity contribution < 1.29 is 13.2 Å². The molecular weight excluding hydrogens is 297 g/mol. The fraction of sp³-hybridized carbons (Fsp3) is 0.300. The van der Waals surface area contributed by atoms with Crippen LogP contribution in [0.15, 0.2) is 55.2 Å². The second-order valence-electron chi connectivity index (χ2n) is 5.56. The summed E-state index contributed by atoms with van der Waals surface area (Å²) in [6.07, 6.45) is 0.238. The van der Waals surface area contributed by atoms with Crippen molar-refractivity contribution in [2.45, 2.75) is 39.8 Å². The summed E-state index contributed by atoms with van der Waals surface area (Å²) in [5.74, 6) is 0. The Morgan fingerprint density at radius 1 is 1.17 bits per heavy atom. The van der Waals surface area contributed by atoms with Gasteiger partial charge in [-0.1, -0.05) is 67.7 Å². The van der Waals surface area contributed by atoms with E-state index in [0.29, 0.717) is 12.0 Å². The molecule has 124 valence electrons. The summed E-state index contributed by atoms with van der Waals surface area (Å²) in [5, 5.41) is 0. The lowest BCUT2D eigenvalue weighted by molar-refractivity contribution is -0.127. The number of hydrogen-bond donors (Lipinski definition) is 0. The molecule has 0 atom stereocenters. The molecule has 0 amide bonds.